The fraction of sp³-hybridized carbons (Fsp3) is 0.727. The van der Waals surface area contributed by atoms with Crippen LogP contribution in [-0.2, 0) is 4.79 Å². The number of nitrogens with one attached hydrogen (secondary N) is 1. The molecule has 0 aromatic carbocycles. The minimum atomic E-state index is 0.176. The Kier molecular flexibility index (Phi) is 2.59. The van der Waals surface area contributed by atoms with Gasteiger partial charge in [-0.05, 0) is 31.3 Å². The number of hydrogen-bond donors (Lipinski definition) is 1. The van der Waals surface area contributed by atoms with Crippen LogP contribution in [0.1, 0.15) is 19.8 Å². The third-order valence-corrected chi connectivity index (χ3v) is 3.45. The van der Waals surface area contributed by atoms with Crippen LogP contribution in [0.25, 0.3) is 0 Å². The average Bonchev–Trinajstić information content (AvgIpc) is 2.16. The summed E-state index contributed by atoms with van der Waals surface area (Å²) in [6, 6.07) is 0. The van der Waals surface area contributed by atoms with Gasteiger partial charge in [0.15, 0.2) is 0 Å². The minimum absolute atomic E-state index is 0.176. The topological polar surface area (TPSA) is 32.3 Å². The Morgan fingerprint density at radius 3 is 2.43 bits per heavy atom. The number of allylic oxidation sites excluding steroid dienone is 1. The van der Waals surface area contributed by atoms with E-state index >= 15 is 0 Å². The highest BCUT2D eigenvalue weighted by Crippen LogP contribution is 2.34. The van der Waals surface area contributed by atoms with Gasteiger partial charge in [0.1, 0.15) is 0 Å². The van der Waals surface area contributed by atoms with Gasteiger partial charge in [0.25, 0.3) is 0 Å². The highest BCUT2D eigenvalue weighted by molar-refractivity contribution is 5.87. The summed E-state index contributed by atoms with van der Waals surface area (Å²) in [5.41, 5.74) is 0.534. The first kappa shape index (κ1) is 9.71. The van der Waals surface area contributed by atoms with E-state index in [-0.39, 0.29) is 5.91 Å². The number of hydrogen-bond acceptors (Lipinski definition) is 2. The molecule has 3 heteroatoms. The molecule has 1 N–H and O–H groups in total. The van der Waals surface area contributed by atoms with Crippen molar-refractivity contribution >= 4 is 5.91 Å². The molecule has 0 saturated carbocycles. The number of nitrogens with zero attached hydrogens (tertiary/aromatic N) is 1. The molecule has 2 heterocycles. The van der Waals surface area contributed by atoms with Crippen LogP contribution >= 0.6 is 0 Å². The molecule has 2 aliphatic rings. The SMILES string of the molecule is C/C=C/C(=O)N1CCC2(CC1)CNC2. The predicted octanol–water partition coefficient (Wildman–Crippen LogP) is 0.774. The van der Waals surface area contributed by atoms with E-state index in [4.69, 9.17) is 0 Å². The summed E-state index contributed by atoms with van der Waals surface area (Å²) in [5.74, 6) is 0.176. The number of carbonyl (C=O) groups is 1. The Morgan fingerprint density at radius 2 is 2.00 bits per heavy atom. The van der Waals surface area contributed by atoms with Crippen LogP contribution in [0.5, 0.6) is 0 Å². The predicted molar refractivity (Wildman–Crippen MR) is 55.9 cm³/mol. The molecule has 0 atom stereocenters. The molecule has 0 aliphatic carbocycles. The van der Waals surface area contributed by atoms with Crippen LogP contribution in [0.2, 0.25) is 0 Å². The van der Waals surface area contributed by atoms with Crippen molar-refractivity contribution in [3.8, 4) is 0 Å². The molecule has 2 aliphatic heterocycles. The third-order valence-electron chi connectivity index (χ3n) is 3.45. The molecule has 78 valence electrons. The average molecular weight is 194 g/mol. The van der Waals surface area contributed by atoms with E-state index in [2.05, 4.69) is 5.32 Å². The summed E-state index contributed by atoms with van der Waals surface area (Å²) in [6.45, 7) is 6.06. The zero-order chi connectivity index (χ0) is 10.0. The molecule has 2 rings (SSSR count). The van der Waals surface area contributed by atoms with Gasteiger partial charge in [-0.15, -0.1) is 0 Å². The fourth-order valence-corrected chi connectivity index (χ4v) is 2.28. The maximum absolute atomic E-state index is 11.5. The molecule has 0 bridgehead atoms. The highest BCUT2D eigenvalue weighted by atomic mass is 16.2. The van der Waals surface area contributed by atoms with Crippen LogP contribution in [-0.4, -0.2) is 37.0 Å². The van der Waals surface area contributed by atoms with Crippen molar-refractivity contribution in [2.24, 2.45) is 5.41 Å². The molecule has 0 unspecified atom stereocenters. The summed E-state index contributed by atoms with van der Waals surface area (Å²) in [5, 5.41) is 3.32. The highest BCUT2D eigenvalue weighted by Gasteiger charge is 2.40. The smallest absolute Gasteiger partial charge is 0.246 e. The number of piperidine rings is 1. The molecule has 14 heavy (non-hydrogen) atoms. The second-order valence-corrected chi connectivity index (χ2v) is 4.43. The molecule has 3 nitrogen and oxygen atoms in total. The zero-order valence-electron chi connectivity index (χ0n) is 8.75. The van der Waals surface area contributed by atoms with Crippen molar-refractivity contribution in [1.82, 2.24) is 10.2 Å². The second-order valence-electron chi connectivity index (χ2n) is 4.43. The maximum Gasteiger partial charge on any atom is 0.246 e. The van der Waals surface area contributed by atoms with Crippen molar-refractivity contribution < 1.29 is 4.79 Å². The lowest BCUT2D eigenvalue weighted by molar-refractivity contribution is -0.128. The zero-order valence-corrected chi connectivity index (χ0v) is 8.75. The lowest BCUT2D eigenvalue weighted by atomic mass is 9.73. The van der Waals surface area contributed by atoms with Crippen molar-refractivity contribution in [3.63, 3.8) is 0 Å². The Bertz CT molecular complexity index is 246. The van der Waals surface area contributed by atoms with Crippen LogP contribution in [0.15, 0.2) is 12.2 Å². The van der Waals surface area contributed by atoms with Crippen molar-refractivity contribution in [3.05, 3.63) is 12.2 Å². The van der Waals surface area contributed by atoms with E-state index in [9.17, 15) is 4.79 Å². The quantitative estimate of drug-likeness (QED) is 0.625. The van der Waals surface area contributed by atoms with Gasteiger partial charge in [-0.2, -0.15) is 0 Å². The summed E-state index contributed by atoms with van der Waals surface area (Å²) < 4.78 is 0. The van der Waals surface area contributed by atoms with E-state index in [1.165, 1.54) is 12.8 Å². The van der Waals surface area contributed by atoms with E-state index < -0.39 is 0 Å². The lowest BCUT2D eigenvalue weighted by Crippen LogP contribution is -2.58. The van der Waals surface area contributed by atoms with Crippen molar-refractivity contribution in [1.29, 1.82) is 0 Å². The van der Waals surface area contributed by atoms with Crippen molar-refractivity contribution in [2.75, 3.05) is 26.2 Å². The molecular formula is C11H18N2O. The number of likely N-dealkylation sites (tertiary alicyclic amines) is 1. The first-order valence-corrected chi connectivity index (χ1v) is 5.38. The monoisotopic (exact) mass is 194 g/mol. The van der Waals surface area contributed by atoms with Crippen LogP contribution in [0, 0.1) is 5.41 Å². The molecule has 2 fully saturated rings. The summed E-state index contributed by atoms with van der Waals surface area (Å²) >= 11 is 0. The number of carbonyl (C=O) groups excluding carboxylic acids is 1. The van der Waals surface area contributed by atoms with Gasteiger partial charge in [0, 0.05) is 26.2 Å². The van der Waals surface area contributed by atoms with Crippen LogP contribution in [0.3, 0.4) is 0 Å². The summed E-state index contributed by atoms with van der Waals surface area (Å²) in [6.07, 6.45) is 5.82. The number of amides is 1. The molecule has 1 spiro atoms. The first-order chi connectivity index (χ1) is 6.76. The first-order valence-electron chi connectivity index (χ1n) is 5.38. The molecule has 0 aromatic heterocycles. The minimum Gasteiger partial charge on any atom is -0.339 e. The third kappa shape index (κ3) is 1.69. The van der Waals surface area contributed by atoms with Gasteiger partial charge in [0.2, 0.25) is 5.91 Å². The van der Waals surface area contributed by atoms with Crippen LogP contribution in [0.4, 0.5) is 0 Å². The normalized spacial score (nSPS) is 25.4. The standard InChI is InChI=1S/C11H18N2O/c1-2-3-10(14)13-6-4-11(5-7-13)8-12-9-11/h2-3,12H,4-9H2,1H3/b3-2+. The van der Waals surface area contributed by atoms with Gasteiger partial charge >= 0.3 is 0 Å². The lowest BCUT2D eigenvalue weighted by Gasteiger charge is -2.48. The maximum atomic E-state index is 11.5. The Labute approximate surface area is 85.2 Å². The molecular weight excluding hydrogens is 176 g/mol. The Hall–Kier alpha value is -0.830. The largest absolute Gasteiger partial charge is 0.339 e. The molecule has 1 amide bonds. The van der Waals surface area contributed by atoms with E-state index in [1.807, 2.05) is 17.9 Å². The van der Waals surface area contributed by atoms with E-state index in [1.54, 1.807) is 6.08 Å². The Morgan fingerprint density at radius 1 is 1.36 bits per heavy atom. The van der Waals surface area contributed by atoms with Gasteiger partial charge in [-0.3, -0.25) is 4.79 Å². The van der Waals surface area contributed by atoms with E-state index in [0.29, 0.717) is 5.41 Å². The van der Waals surface area contributed by atoms with Crippen LogP contribution < -0.4 is 5.32 Å². The van der Waals surface area contributed by atoms with Gasteiger partial charge in [-0.25, -0.2) is 0 Å². The van der Waals surface area contributed by atoms with Gasteiger partial charge in [-0.1, -0.05) is 6.08 Å². The molecule has 0 radical (unpaired) electrons. The molecule has 0 aromatic rings. The van der Waals surface area contributed by atoms with Gasteiger partial charge < -0.3 is 10.2 Å². The Balaban J connectivity index is 1.86. The number of rotatable bonds is 1. The van der Waals surface area contributed by atoms with E-state index in [0.717, 1.165) is 26.2 Å². The second kappa shape index (κ2) is 3.73. The summed E-state index contributed by atoms with van der Waals surface area (Å²) in [7, 11) is 0. The van der Waals surface area contributed by atoms with Gasteiger partial charge in [0.05, 0.1) is 0 Å². The summed E-state index contributed by atoms with van der Waals surface area (Å²) in [4.78, 5) is 13.5. The van der Waals surface area contributed by atoms with Crippen molar-refractivity contribution in [2.45, 2.75) is 19.8 Å². The molecule has 2 saturated heterocycles. The fourth-order valence-electron chi connectivity index (χ4n) is 2.28.